The van der Waals surface area contributed by atoms with Crippen LogP contribution in [0.5, 0.6) is 0 Å². The topological polar surface area (TPSA) is 43.4 Å². The zero-order valence-corrected chi connectivity index (χ0v) is 13.9. The highest BCUT2D eigenvalue weighted by Crippen LogP contribution is 2.24. The van der Waals surface area contributed by atoms with E-state index in [4.69, 9.17) is 4.74 Å². The first-order valence-corrected chi connectivity index (χ1v) is 8.07. The minimum atomic E-state index is -0.975. The molecule has 3 nitrogen and oxygen atoms in total. The van der Waals surface area contributed by atoms with Gasteiger partial charge in [0.05, 0.1) is 5.56 Å². The van der Waals surface area contributed by atoms with Gasteiger partial charge < -0.3 is 4.74 Å². The number of aryl methyl sites for hydroxylation is 1. The summed E-state index contributed by atoms with van der Waals surface area (Å²) in [6.07, 6.45) is -0.975. The lowest BCUT2D eigenvalue weighted by molar-refractivity contribution is 0.0280. The molecule has 1 atom stereocenters. The van der Waals surface area contributed by atoms with Gasteiger partial charge in [0.25, 0.3) is 0 Å². The Kier molecular flexibility index (Phi) is 5.05. The second kappa shape index (κ2) is 7.58. The maximum Gasteiger partial charge on any atom is 0.339 e. The third-order valence-corrected chi connectivity index (χ3v) is 3.91. The molecule has 0 aliphatic heterocycles. The highest BCUT2D eigenvalue weighted by atomic mass is 16.5. The molecule has 0 saturated carbocycles. The quantitative estimate of drug-likeness (QED) is 0.500. The second-order valence-electron chi connectivity index (χ2n) is 5.79. The van der Waals surface area contributed by atoms with E-state index in [1.165, 1.54) is 0 Å². The number of hydrogen-bond acceptors (Lipinski definition) is 3. The van der Waals surface area contributed by atoms with Gasteiger partial charge in [0.1, 0.15) is 0 Å². The molecule has 3 rings (SSSR count). The first-order chi connectivity index (χ1) is 12.1. The van der Waals surface area contributed by atoms with Crippen LogP contribution >= 0.6 is 0 Å². The molecule has 0 spiro atoms. The highest BCUT2D eigenvalue weighted by molar-refractivity contribution is 6.02. The molecule has 0 amide bonds. The van der Waals surface area contributed by atoms with E-state index in [0.29, 0.717) is 16.7 Å². The third-order valence-electron chi connectivity index (χ3n) is 3.91. The molecule has 0 fully saturated rings. The summed E-state index contributed by atoms with van der Waals surface area (Å²) >= 11 is 0. The maximum absolute atomic E-state index is 12.9. The van der Waals surface area contributed by atoms with Gasteiger partial charge in [-0.05, 0) is 19.1 Å². The van der Waals surface area contributed by atoms with Crippen LogP contribution in [0.4, 0.5) is 0 Å². The standard InChI is InChI=1S/C22H18O3/c1-16-12-14-19(15-13-16)22(24)25-21(18-10-6-3-7-11-18)20(23)17-8-4-2-5-9-17/h2-15,21H,1H3. The van der Waals surface area contributed by atoms with E-state index in [1.807, 2.05) is 43.3 Å². The van der Waals surface area contributed by atoms with Gasteiger partial charge in [-0.25, -0.2) is 4.79 Å². The summed E-state index contributed by atoms with van der Waals surface area (Å²) in [6, 6.07) is 25.0. The molecular weight excluding hydrogens is 312 g/mol. The van der Waals surface area contributed by atoms with Gasteiger partial charge in [-0.2, -0.15) is 0 Å². The van der Waals surface area contributed by atoms with Crippen LogP contribution in [0.25, 0.3) is 0 Å². The largest absolute Gasteiger partial charge is 0.445 e. The number of Topliss-reactive ketones (excluding diaryl/α,β-unsaturated/α-hetero) is 1. The molecule has 3 aromatic carbocycles. The summed E-state index contributed by atoms with van der Waals surface area (Å²) in [5, 5.41) is 0. The molecule has 0 aliphatic rings. The van der Waals surface area contributed by atoms with E-state index in [-0.39, 0.29) is 5.78 Å². The average Bonchev–Trinajstić information content (AvgIpc) is 2.67. The summed E-state index contributed by atoms with van der Waals surface area (Å²) in [4.78, 5) is 25.4. The van der Waals surface area contributed by atoms with Crippen LogP contribution in [0.2, 0.25) is 0 Å². The van der Waals surface area contributed by atoms with Crippen molar-refractivity contribution in [3.8, 4) is 0 Å². The minimum absolute atomic E-state index is 0.243. The number of rotatable bonds is 5. The average molecular weight is 330 g/mol. The number of carbonyl (C=O) groups excluding carboxylic acids is 2. The van der Waals surface area contributed by atoms with E-state index in [9.17, 15) is 9.59 Å². The van der Waals surface area contributed by atoms with E-state index < -0.39 is 12.1 Å². The van der Waals surface area contributed by atoms with Gasteiger partial charge >= 0.3 is 5.97 Å². The molecule has 0 saturated heterocycles. The van der Waals surface area contributed by atoms with Crippen molar-refractivity contribution in [1.82, 2.24) is 0 Å². The van der Waals surface area contributed by atoms with Gasteiger partial charge in [0, 0.05) is 11.1 Å². The molecule has 3 aromatic rings. The van der Waals surface area contributed by atoms with Crippen LogP contribution in [-0.2, 0) is 4.74 Å². The van der Waals surface area contributed by atoms with Crippen LogP contribution in [0.1, 0.15) is 37.9 Å². The van der Waals surface area contributed by atoms with Crippen LogP contribution in [0.15, 0.2) is 84.9 Å². The predicted molar refractivity (Wildman–Crippen MR) is 96.6 cm³/mol. The van der Waals surface area contributed by atoms with Crippen molar-refractivity contribution in [2.24, 2.45) is 0 Å². The van der Waals surface area contributed by atoms with E-state index in [0.717, 1.165) is 5.56 Å². The van der Waals surface area contributed by atoms with Crippen molar-refractivity contribution < 1.29 is 14.3 Å². The zero-order chi connectivity index (χ0) is 17.6. The van der Waals surface area contributed by atoms with Crippen molar-refractivity contribution in [2.75, 3.05) is 0 Å². The molecule has 25 heavy (non-hydrogen) atoms. The molecule has 0 bridgehead atoms. The van der Waals surface area contributed by atoms with E-state index in [2.05, 4.69) is 0 Å². The molecular formula is C22H18O3. The highest BCUT2D eigenvalue weighted by Gasteiger charge is 2.26. The fraction of sp³-hybridized carbons (Fsp3) is 0.0909. The van der Waals surface area contributed by atoms with Crippen molar-refractivity contribution >= 4 is 11.8 Å². The number of ketones is 1. The van der Waals surface area contributed by atoms with Crippen LogP contribution in [0, 0.1) is 6.92 Å². The van der Waals surface area contributed by atoms with Crippen molar-refractivity contribution in [3.05, 3.63) is 107 Å². The summed E-state index contributed by atoms with van der Waals surface area (Å²) in [5.74, 6) is -0.759. The molecule has 0 radical (unpaired) electrons. The molecule has 0 N–H and O–H groups in total. The molecule has 0 heterocycles. The number of carbonyl (C=O) groups is 2. The van der Waals surface area contributed by atoms with Crippen molar-refractivity contribution in [1.29, 1.82) is 0 Å². The lowest BCUT2D eigenvalue weighted by Gasteiger charge is -2.17. The monoisotopic (exact) mass is 330 g/mol. The molecule has 1 unspecified atom stereocenters. The maximum atomic E-state index is 12.9. The Labute approximate surface area is 146 Å². The fourth-order valence-corrected chi connectivity index (χ4v) is 2.52. The van der Waals surface area contributed by atoms with Crippen LogP contribution in [-0.4, -0.2) is 11.8 Å². The summed E-state index contributed by atoms with van der Waals surface area (Å²) in [7, 11) is 0. The Morgan fingerprint density at radius 3 is 1.88 bits per heavy atom. The molecule has 3 heteroatoms. The van der Waals surface area contributed by atoms with Crippen molar-refractivity contribution in [2.45, 2.75) is 13.0 Å². The predicted octanol–water partition coefficient (Wildman–Crippen LogP) is 4.78. The van der Waals surface area contributed by atoms with Crippen LogP contribution in [0.3, 0.4) is 0 Å². The Morgan fingerprint density at radius 2 is 1.28 bits per heavy atom. The lowest BCUT2D eigenvalue weighted by atomic mass is 9.99. The lowest BCUT2D eigenvalue weighted by Crippen LogP contribution is -2.20. The summed E-state index contributed by atoms with van der Waals surface area (Å²) in [5.41, 5.74) is 2.63. The first-order valence-electron chi connectivity index (χ1n) is 8.07. The Balaban J connectivity index is 1.90. The first kappa shape index (κ1) is 16.7. The normalized spacial score (nSPS) is 11.6. The smallest absolute Gasteiger partial charge is 0.339 e. The minimum Gasteiger partial charge on any atom is -0.445 e. The Morgan fingerprint density at radius 1 is 0.720 bits per heavy atom. The van der Waals surface area contributed by atoms with Crippen LogP contribution < -0.4 is 0 Å². The van der Waals surface area contributed by atoms with Crippen molar-refractivity contribution in [3.63, 3.8) is 0 Å². The number of ether oxygens (including phenoxy) is 1. The number of hydrogen-bond donors (Lipinski definition) is 0. The Bertz CT molecular complexity index is 853. The van der Waals surface area contributed by atoms with E-state index in [1.54, 1.807) is 48.5 Å². The van der Waals surface area contributed by atoms with Gasteiger partial charge in [-0.1, -0.05) is 78.4 Å². The molecule has 0 aliphatic carbocycles. The third kappa shape index (κ3) is 4.01. The summed E-state index contributed by atoms with van der Waals surface area (Å²) in [6.45, 7) is 1.95. The van der Waals surface area contributed by atoms with Gasteiger partial charge in [-0.3, -0.25) is 4.79 Å². The molecule has 0 aromatic heterocycles. The van der Waals surface area contributed by atoms with Gasteiger partial charge in [0.15, 0.2) is 6.10 Å². The SMILES string of the molecule is Cc1ccc(C(=O)OC(C(=O)c2ccccc2)c2ccccc2)cc1. The second-order valence-corrected chi connectivity index (χ2v) is 5.79. The van der Waals surface area contributed by atoms with Gasteiger partial charge in [0.2, 0.25) is 5.78 Å². The zero-order valence-electron chi connectivity index (χ0n) is 13.9. The van der Waals surface area contributed by atoms with Gasteiger partial charge in [-0.15, -0.1) is 0 Å². The Hall–Kier alpha value is -3.20. The number of esters is 1. The molecule has 124 valence electrons. The number of benzene rings is 3. The summed E-state index contributed by atoms with van der Waals surface area (Å²) < 4.78 is 5.59. The van der Waals surface area contributed by atoms with E-state index >= 15 is 0 Å². The fourth-order valence-electron chi connectivity index (χ4n) is 2.52.